The highest BCUT2D eigenvalue weighted by Crippen LogP contribution is 2.25. The van der Waals surface area contributed by atoms with Crippen LogP contribution in [0, 0.1) is 0 Å². The molecule has 0 aromatic heterocycles. The van der Waals surface area contributed by atoms with Crippen molar-refractivity contribution >= 4 is 12.0 Å². The third-order valence-corrected chi connectivity index (χ3v) is 3.69. The molecule has 0 bridgehead atoms. The molecular weight excluding hydrogens is 292 g/mol. The van der Waals surface area contributed by atoms with Crippen LogP contribution in [0.2, 0.25) is 0 Å². The van der Waals surface area contributed by atoms with Gasteiger partial charge in [0.2, 0.25) is 0 Å². The van der Waals surface area contributed by atoms with Gasteiger partial charge in [0.05, 0.1) is 6.10 Å². The van der Waals surface area contributed by atoms with Gasteiger partial charge in [-0.05, 0) is 43.5 Å². The molecule has 4 heteroatoms. The van der Waals surface area contributed by atoms with Crippen molar-refractivity contribution < 1.29 is 19.7 Å². The highest BCUT2D eigenvalue weighted by Gasteiger charge is 2.06. The molecule has 1 atom stereocenters. The Morgan fingerprint density at radius 2 is 1.83 bits per heavy atom. The number of rotatable bonds is 10. The van der Waals surface area contributed by atoms with E-state index in [4.69, 9.17) is 4.74 Å². The third kappa shape index (κ3) is 8.29. The second-order valence-electron chi connectivity index (χ2n) is 5.89. The van der Waals surface area contributed by atoms with Crippen LogP contribution in [0.1, 0.15) is 64.4 Å². The molecule has 128 valence electrons. The SMILES string of the molecule is CCCCCCCCC(C)OC(=O)/C=C/c1ccc(O)c(O)c1. The van der Waals surface area contributed by atoms with Crippen LogP contribution in [-0.4, -0.2) is 22.3 Å². The lowest BCUT2D eigenvalue weighted by atomic mass is 10.1. The summed E-state index contributed by atoms with van der Waals surface area (Å²) >= 11 is 0. The van der Waals surface area contributed by atoms with Crippen molar-refractivity contribution in [2.45, 2.75) is 64.9 Å². The van der Waals surface area contributed by atoms with Crippen molar-refractivity contribution in [3.63, 3.8) is 0 Å². The van der Waals surface area contributed by atoms with Crippen LogP contribution < -0.4 is 0 Å². The molecule has 0 radical (unpaired) electrons. The Morgan fingerprint density at radius 3 is 2.52 bits per heavy atom. The predicted molar refractivity (Wildman–Crippen MR) is 92.4 cm³/mol. The van der Waals surface area contributed by atoms with Crippen LogP contribution in [0.25, 0.3) is 6.08 Å². The van der Waals surface area contributed by atoms with E-state index in [0.717, 1.165) is 12.8 Å². The summed E-state index contributed by atoms with van der Waals surface area (Å²) in [4.78, 5) is 11.7. The van der Waals surface area contributed by atoms with E-state index >= 15 is 0 Å². The normalized spacial score (nSPS) is 12.4. The molecule has 23 heavy (non-hydrogen) atoms. The molecule has 1 aromatic rings. The molecule has 1 aromatic carbocycles. The molecule has 0 aliphatic rings. The molecular formula is C19H28O4. The maximum Gasteiger partial charge on any atom is 0.331 e. The lowest BCUT2D eigenvalue weighted by Crippen LogP contribution is -2.12. The Labute approximate surface area is 138 Å². The summed E-state index contributed by atoms with van der Waals surface area (Å²) in [5.41, 5.74) is 0.626. The zero-order valence-electron chi connectivity index (χ0n) is 14.1. The maximum atomic E-state index is 11.7. The van der Waals surface area contributed by atoms with Gasteiger partial charge < -0.3 is 14.9 Å². The summed E-state index contributed by atoms with van der Waals surface area (Å²) in [6.45, 7) is 4.11. The minimum atomic E-state index is -0.393. The Balaban J connectivity index is 2.26. The van der Waals surface area contributed by atoms with Gasteiger partial charge in [0.15, 0.2) is 11.5 Å². The highest BCUT2D eigenvalue weighted by molar-refractivity contribution is 5.87. The van der Waals surface area contributed by atoms with Gasteiger partial charge >= 0.3 is 5.97 Å². The number of benzene rings is 1. The third-order valence-electron chi connectivity index (χ3n) is 3.69. The number of esters is 1. The first-order chi connectivity index (χ1) is 11.0. The largest absolute Gasteiger partial charge is 0.504 e. The van der Waals surface area contributed by atoms with Crippen LogP contribution in [0.15, 0.2) is 24.3 Å². The average Bonchev–Trinajstić information content (AvgIpc) is 2.52. The number of aromatic hydroxyl groups is 2. The number of phenols is 2. The zero-order valence-corrected chi connectivity index (χ0v) is 14.1. The minimum absolute atomic E-state index is 0.0912. The molecule has 0 spiro atoms. The van der Waals surface area contributed by atoms with Gasteiger partial charge in [-0.25, -0.2) is 4.79 Å². The summed E-state index contributed by atoms with van der Waals surface area (Å²) in [7, 11) is 0. The Hall–Kier alpha value is -1.97. The van der Waals surface area contributed by atoms with E-state index < -0.39 is 5.97 Å². The lowest BCUT2D eigenvalue weighted by molar-refractivity contribution is -0.142. The summed E-state index contributed by atoms with van der Waals surface area (Å²) in [6.07, 6.45) is 11.0. The smallest absolute Gasteiger partial charge is 0.331 e. The quantitative estimate of drug-likeness (QED) is 0.281. The van der Waals surface area contributed by atoms with E-state index in [1.54, 1.807) is 12.1 Å². The van der Waals surface area contributed by atoms with Crippen LogP contribution in [0.4, 0.5) is 0 Å². The molecule has 1 unspecified atom stereocenters. The fourth-order valence-corrected chi connectivity index (χ4v) is 2.32. The first kappa shape index (κ1) is 19.1. The molecule has 0 amide bonds. The topological polar surface area (TPSA) is 66.8 Å². The van der Waals surface area contributed by atoms with Crippen LogP contribution in [0.5, 0.6) is 11.5 Å². The van der Waals surface area contributed by atoms with Gasteiger partial charge in [-0.3, -0.25) is 0 Å². The van der Waals surface area contributed by atoms with Gasteiger partial charge in [0, 0.05) is 6.08 Å². The summed E-state index contributed by atoms with van der Waals surface area (Å²) in [5.74, 6) is -0.787. The Bertz CT molecular complexity index is 508. The number of phenolic OH excluding ortho intramolecular Hbond substituents is 2. The number of carbonyl (C=O) groups is 1. The second kappa shape index (κ2) is 10.7. The molecule has 0 heterocycles. The van der Waals surface area contributed by atoms with Crippen LogP contribution >= 0.6 is 0 Å². The van der Waals surface area contributed by atoms with Crippen molar-refractivity contribution in [1.29, 1.82) is 0 Å². The number of unbranched alkanes of at least 4 members (excludes halogenated alkanes) is 5. The molecule has 2 N–H and O–H groups in total. The fourth-order valence-electron chi connectivity index (χ4n) is 2.32. The van der Waals surface area contributed by atoms with Gasteiger partial charge in [0.25, 0.3) is 0 Å². The summed E-state index contributed by atoms with van der Waals surface area (Å²) in [6, 6.07) is 4.37. The van der Waals surface area contributed by atoms with Gasteiger partial charge in [-0.2, -0.15) is 0 Å². The molecule has 1 rings (SSSR count). The first-order valence-electron chi connectivity index (χ1n) is 8.43. The molecule has 0 fully saturated rings. The van der Waals surface area contributed by atoms with Crippen molar-refractivity contribution in [2.75, 3.05) is 0 Å². The van der Waals surface area contributed by atoms with Crippen molar-refractivity contribution in [2.24, 2.45) is 0 Å². The number of hydrogen-bond acceptors (Lipinski definition) is 4. The first-order valence-corrected chi connectivity index (χ1v) is 8.43. The van der Waals surface area contributed by atoms with E-state index in [-0.39, 0.29) is 17.6 Å². The number of ether oxygens (including phenoxy) is 1. The maximum absolute atomic E-state index is 11.7. The molecule has 4 nitrogen and oxygen atoms in total. The number of hydrogen-bond donors (Lipinski definition) is 2. The van der Waals surface area contributed by atoms with Gasteiger partial charge in [0.1, 0.15) is 0 Å². The monoisotopic (exact) mass is 320 g/mol. The Morgan fingerprint density at radius 1 is 1.13 bits per heavy atom. The lowest BCUT2D eigenvalue weighted by Gasteiger charge is -2.11. The van der Waals surface area contributed by atoms with E-state index in [0.29, 0.717) is 5.56 Å². The summed E-state index contributed by atoms with van der Waals surface area (Å²) in [5, 5.41) is 18.6. The van der Waals surface area contributed by atoms with Crippen molar-refractivity contribution in [3.8, 4) is 11.5 Å². The molecule has 0 saturated carbocycles. The Kier molecular flexibility index (Phi) is 8.88. The van der Waals surface area contributed by atoms with Crippen molar-refractivity contribution in [3.05, 3.63) is 29.8 Å². The highest BCUT2D eigenvalue weighted by atomic mass is 16.5. The predicted octanol–water partition coefficient (Wildman–Crippen LogP) is 4.79. The fraction of sp³-hybridized carbons (Fsp3) is 0.526. The van der Waals surface area contributed by atoms with Gasteiger partial charge in [-0.1, -0.05) is 45.1 Å². The zero-order chi connectivity index (χ0) is 17.1. The standard InChI is InChI=1S/C19H28O4/c1-3-4-5-6-7-8-9-15(2)23-19(22)13-11-16-10-12-17(20)18(21)14-16/h10-15,20-21H,3-9H2,1-2H3/b13-11+. The van der Waals surface area contributed by atoms with Crippen LogP contribution in [-0.2, 0) is 9.53 Å². The van der Waals surface area contributed by atoms with E-state index in [9.17, 15) is 15.0 Å². The molecule has 0 aliphatic carbocycles. The van der Waals surface area contributed by atoms with Gasteiger partial charge in [-0.15, -0.1) is 0 Å². The van der Waals surface area contributed by atoms with E-state index in [2.05, 4.69) is 6.92 Å². The molecule has 0 aliphatic heterocycles. The van der Waals surface area contributed by atoms with E-state index in [1.165, 1.54) is 50.3 Å². The molecule has 0 saturated heterocycles. The van der Waals surface area contributed by atoms with Crippen LogP contribution in [0.3, 0.4) is 0 Å². The average molecular weight is 320 g/mol. The number of carbonyl (C=O) groups excluding carboxylic acids is 1. The summed E-state index contributed by atoms with van der Waals surface area (Å²) < 4.78 is 5.32. The minimum Gasteiger partial charge on any atom is -0.504 e. The van der Waals surface area contributed by atoms with Crippen molar-refractivity contribution in [1.82, 2.24) is 0 Å². The second-order valence-corrected chi connectivity index (χ2v) is 5.89. The van der Waals surface area contributed by atoms with E-state index in [1.807, 2.05) is 6.92 Å².